The molecular weight excluding hydrogens is 362 g/mol. The van der Waals surface area contributed by atoms with Crippen molar-refractivity contribution >= 4 is 16.8 Å². The van der Waals surface area contributed by atoms with E-state index >= 15 is 0 Å². The van der Waals surface area contributed by atoms with E-state index in [1.165, 1.54) is 12.8 Å². The first-order chi connectivity index (χ1) is 14.2. The Labute approximate surface area is 172 Å². The van der Waals surface area contributed by atoms with Gasteiger partial charge in [0, 0.05) is 42.5 Å². The maximum absolute atomic E-state index is 12.8. The van der Waals surface area contributed by atoms with Gasteiger partial charge in [-0.15, -0.1) is 0 Å². The summed E-state index contributed by atoms with van der Waals surface area (Å²) in [6, 6.07) is 16.3. The summed E-state index contributed by atoms with van der Waals surface area (Å²) in [6.07, 6.45) is 5.01. The van der Waals surface area contributed by atoms with Gasteiger partial charge in [-0.1, -0.05) is 30.3 Å². The van der Waals surface area contributed by atoms with Gasteiger partial charge in [-0.25, -0.2) is 0 Å². The standard InChI is InChI=1S/C24H29N3O2/c1-29-19-10-8-18(9-11-19)21(22-17-26-23-7-3-2-6-20(22)23)16-24(28)25-12-15-27-13-4-5-14-27/h2-3,6-11,17,21,26H,4-5,12-16H2,1H3,(H,25,28)/t21-/m0/s1. The predicted molar refractivity (Wildman–Crippen MR) is 116 cm³/mol. The fraction of sp³-hybridized carbons (Fsp3) is 0.375. The molecule has 29 heavy (non-hydrogen) atoms. The SMILES string of the molecule is COc1ccc([C@H](CC(=O)NCCN2CCCC2)c2c[nH]c3ccccc23)cc1. The third-order valence-electron chi connectivity index (χ3n) is 5.85. The minimum Gasteiger partial charge on any atom is -0.497 e. The van der Waals surface area contributed by atoms with Crippen LogP contribution in [0.25, 0.3) is 10.9 Å². The predicted octanol–water partition coefficient (Wildman–Crippen LogP) is 3.91. The second-order valence-corrected chi connectivity index (χ2v) is 7.72. The molecule has 3 aromatic rings. The van der Waals surface area contributed by atoms with E-state index in [4.69, 9.17) is 4.74 Å². The average Bonchev–Trinajstić information content (AvgIpc) is 3.42. The number of amides is 1. The quantitative estimate of drug-likeness (QED) is 0.612. The summed E-state index contributed by atoms with van der Waals surface area (Å²) >= 11 is 0. The van der Waals surface area contributed by atoms with Crippen LogP contribution < -0.4 is 10.1 Å². The monoisotopic (exact) mass is 391 g/mol. The smallest absolute Gasteiger partial charge is 0.220 e. The number of aromatic amines is 1. The van der Waals surface area contributed by atoms with Gasteiger partial charge in [-0.3, -0.25) is 4.79 Å². The fourth-order valence-corrected chi connectivity index (χ4v) is 4.24. The third kappa shape index (κ3) is 4.62. The van der Waals surface area contributed by atoms with Crippen molar-refractivity contribution in [2.75, 3.05) is 33.3 Å². The number of fused-ring (bicyclic) bond motifs is 1. The van der Waals surface area contributed by atoms with Gasteiger partial charge in [0.25, 0.3) is 0 Å². The van der Waals surface area contributed by atoms with E-state index in [-0.39, 0.29) is 11.8 Å². The van der Waals surface area contributed by atoms with Crippen molar-refractivity contribution in [2.45, 2.75) is 25.2 Å². The highest BCUT2D eigenvalue weighted by Crippen LogP contribution is 2.34. The van der Waals surface area contributed by atoms with Gasteiger partial charge >= 0.3 is 0 Å². The Kier molecular flexibility index (Phi) is 6.15. The van der Waals surface area contributed by atoms with Crippen LogP contribution in [-0.4, -0.2) is 49.1 Å². The van der Waals surface area contributed by atoms with Crippen molar-refractivity contribution in [1.82, 2.24) is 15.2 Å². The minimum absolute atomic E-state index is 0.0103. The molecule has 1 aliphatic rings. The van der Waals surface area contributed by atoms with Crippen LogP contribution in [0, 0.1) is 0 Å². The van der Waals surface area contributed by atoms with Crippen LogP contribution >= 0.6 is 0 Å². The zero-order valence-corrected chi connectivity index (χ0v) is 17.0. The van der Waals surface area contributed by atoms with Crippen LogP contribution in [0.4, 0.5) is 0 Å². The Balaban J connectivity index is 1.52. The number of likely N-dealkylation sites (tertiary alicyclic amines) is 1. The molecule has 152 valence electrons. The van der Waals surface area contributed by atoms with E-state index in [0.717, 1.165) is 47.4 Å². The fourth-order valence-electron chi connectivity index (χ4n) is 4.24. The van der Waals surface area contributed by atoms with Gasteiger partial charge in [0.2, 0.25) is 5.91 Å². The molecule has 1 aromatic heterocycles. The maximum atomic E-state index is 12.8. The lowest BCUT2D eigenvalue weighted by Gasteiger charge is -2.19. The molecule has 0 spiro atoms. The van der Waals surface area contributed by atoms with E-state index in [1.54, 1.807) is 7.11 Å². The normalized spacial score (nSPS) is 15.5. The lowest BCUT2D eigenvalue weighted by Crippen LogP contribution is -2.34. The molecule has 2 heterocycles. The van der Waals surface area contributed by atoms with Gasteiger partial charge in [0.15, 0.2) is 0 Å². The molecule has 0 aliphatic carbocycles. The number of hydrogen-bond donors (Lipinski definition) is 2. The number of hydrogen-bond acceptors (Lipinski definition) is 3. The molecule has 4 rings (SSSR count). The number of carbonyl (C=O) groups is 1. The number of nitrogens with zero attached hydrogens (tertiary/aromatic N) is 1. The number of rotatable bonds is 8. The second kappa shape index (κ2) is 9.14. The molecule has 5 nitrogen and oxygen atoms in total. The molecule has 0 unspecified atom stereocenters. The lowest BCUT2D eigenvalue weighted by atomic mass is 9.88. The summed E-state index contributed by atoms with van der Waals surface area (Å²) in [5.41, 5.74) is 3.36. The molecule has 2 aromatic carbocycles. The molecule has 0 saturated carbocycles. The van der Waals surface area contributed by atoms with Crippen molar-refractivity contribution < 1.29 is 9.53 Å². The molecule has 0 radical (unpaired) electrons. The van der Waals surface area contributed by atoms with Crippen LogP contribution in [0.5, 0.6) is 5.75 Å². The van der Waals surface area contributed by atoms with Crippen LogP contribution in [0.1, 0.15) is 36.3 Å². The molecule has 1 fully saturated rings. The topological polar surface area (TPSA) is 57.4 Å². The molecular formula is C24H29N3O2. The second-order valence-electron chi connectivity index (χ2n) is 7.72. The van der Waals surface area contributed by atoms with Gasteiger partial charge in [-0.05, 0) is 55.3 Å². The summed E-state index contributed by atoms with van der Waals surface area (Å²) in [4.78, 5) is 18.6. The van der Waals surface area contributed by atoms with Crippen LogP contribution in [0.3, 0.4) is 0 Å². The Morgan fingerprint density at radius 1 is 1.14 bits per heavy atom. The number of ether oxygens (including phenoxy) is 1. The highest BCUT2D eigenvalue weighted by atomic mass is 16.5. The van der Waals surface area contributed by atoms with E-state index in [2.05, 4.69) is 39.5 Å². The van der Waals surface area contributed by atoms with Crippen LogP contribution in [0.2, 0.25) is 0 Å². The largest absolute Gasteiger partial charge is 0.497 e. The molecule has 1 saturated heterocycles. The number of nitrogens with one attached hydrogen (secondary N) is 2. The summed E-state index contributed by atoms with van der Waals surface area (Å²) in [5, 5.41) is 4.29. The molecule has 0 bridgehead atoms. The first kappa shape index (κ1) is 19.5. The van der Waals surface area contributed by atoms with E-state index in [0.29, 0.717) is 13.0 Å². The third-order valence-corrected chi connectivity index (χ3v) is 5.85. The van der Waals surface area contributed by atoms with Gasteiger partial charge < -0.3 is 19.9 Å². The van der Waals surface area contributed by atoms with Crippen molar-refractivity contribution in [3.05, 3.63) is 65.9 Å². The van der Waals surface area contributed by atoms with E-state index in [9.17, 15) is 4.79 Å². The number of methoxy groups -OCH3 is 1. The van der Waals surface area contributed by atoms with E-state index in [1.807, 2.05) is 30.5 Å². The number of H-pyrrole nitrogens is 1. The first-order valence-corrected chi connectivity index (χ1v) is 10.4. The van der Waals surface area contributed by atoms with Crippen molar-refractivity contribution in [3.63, 3.8) is 0 Å². The number of benzene rings is 2. The number of carbonyl (C=O) groups excluding carboxylic acids is 1. The molecule has 2 N–H and O–H groups in total. The molecule has 1 atom stereocenters. The van der Waals surface area contributed by atoms with Crippen LogP contribution in [0.15, 0.2) is 54.7 Å². The Morgan fingerprint density at radius 3 is 2.66 bits per heavy atom. The number of para-hydroxylation sites is 1. The summed E-state index contributed by atoms with van der Waals surface area (Å²) in [5.74, 6) is 0.903. The zero-order valence-electron chi connectivity index (χ0n) is 17.0. The van der Waals surface area contributed by atoms with Crippen molar-refractivity contribution in [1.29, 1.82) is 0 Å². The highest BCUT2D eigenvalue weighted by Gasteiger charge is 2.21. The Hall–Kier alpha value is -2.79. The average molecular weight is 392 g/mol. The van der Waals surface area contributed by atoms with Gasteiger partial charge in [0.1, 0.15) is 5.75 Å². The summed E-state index contributed by atoms with van der Waals surface area (Å²) in [6.45, 7) is 3.95. The first-order valence-electron chi connectivity index (χ1n) is 10.4. The van der Waals surface area contributed by atoms with Gasteiger partial charge in [-0.2, -0.15) is 0 Å². The Bertz CT molecular complexity index is 942. The zero-order chi connectivity index (χ0) is 20.1. The maximum Gasteiger partial charge on any atom is 0.220 e. The Morgan fingerprint density at radius 2 is 1.90 bits per heavy atom. The highest BCUT2D eigenvalue weighted by molar-refractivity contribution is 5.86. The molecule has 1 aliphatic heterocycles. The van der Waals surface area contributed by atoms with Crippen LogP contribution in [-0.2, 0) is 4.79 Å². The summed E-state index contributed by atoms with van der Waals surface area (Å²) in [7, 11) is 1.67. The molecule has 5 heteroatoms. The minimum atomic E-state index is -0.0103. The van der Waals surface area contributed by atoms with Crippen molar-refractivity contribution in [2.24, 2.45) is 0 Å². The summed E-state index contributed by atoms with van der Waals surface area (Å²) < 4.78 is 5.30. The van der Waals surface area contributed by atoms with Gasteiger partial charge in [0.05, 0.1) is 7.11 Å². The van der Waals surface area contributed by atoms with Crippen molar-refractivity contribution in [3.8, 4) is 5.75 Å². The number of aromatic nitrogens is 1. The molecule has 1 amide bonds. The lowest BCUT2D eigenvalue weighted by molar-refractivity contribution is -0.121. The van der Waals surface area contributed by atoms with E-state index < -0.39 is 0 Å².